The number of aromatic nitrogens is 2. The number of sulfonamides is 1. The number of rotatable bonds is 8. The maximum absolute atomic E-state index is 12.3. The normalized spacial score (nSPS) is 11.4. The van der Waals surface area contributed by atoms with E-state index in [2.05, 4.69) is 20.2 Å². The molecule has 0 bridgehead atoms. The van der Waals surface area contributed by atoms with Gasteiger partial charge in [0.25, 0.3) is 5.91 Å². The van der Waals surface area contributed by atoms with Crippen LogP contribution in [0.4, 0.5) is 5.13 Å². The van der Waals surface area contributed by atoms with Gasteiger partial charge < -0.3 is 0 Å². The zero-order chi connectivity index (χ0) is 19.3. The van der Waals surface area contributed by atoms with E-state index in [4.69, 9.17) is 0 Å². The molecule has 0 unspecified atom stereocenters. The number of hydrogen-bond donors (Lipinski definition) is 2. The number of benzene rings is 1. The van der Waals surface area contributed by atoms with Crippen molar-refractivity contribution in [2.45, 2.75) is 24.7 Å². The second kappa shape index (κ2) is 8.70. The lowest BCUT2D eigenvalue weighted by atomic mass is 10.2. The third-order valence-corrected chi connectivity index (χ3v) is 7.06. The quantitative estimate of drug-likeness (QED) is 0.581. The molecule has 7 nitrogen and oxygen atoms in total. The van der Waals surface area contributed by atoms with Gasteiger partial charge in [-0.3, -0.25) is 10.1 Å². The highest BCUT2D eigenvalue weighted by molar-refractivity contribution is 7.89. The van der Waals surface area contributed by atoms with Gasteiger partial charge in [0.1, 0.15) is 5.01 Å². The molecule has 1 aromatic carbocycles. The van der Waals surface area contributed by atoms with Gasteiger partial charge in [-0.05, 0) is 48.6 Å². The molecular formula is C17H18N4O3S3. The summed E-state index contributed by atoms with van der Waals surface area (Å²) in [6.07, 6.45) is 1.39. The van der Waals surface area contributed by atoms with Gasteiger partial charge >= 0.3 is 0 Å². The largest absolute Gasteiger partial charge is 0.296 e. The van der Waals surface area contributed by atoms with Gasteiger partial charge in [-0.1, -0.05) is 24.3 Å². The lowest BCUT2D eigenvalue weighted by Gasteiger charge is -2.07. The molecule has 2 aromatic heterocycles. The molecule has 0 fully saturated rings. The molecule has 0 aliphatic heterocycles. The minimum atomic E-state index is -3.61. The van der Waals surface area contributed by atoms with Crippen LogP contribution in [-0.4, -0.2) is 31.1 Å². The maximum Gasteiger partial charge on any atom is 0.257 e. The van der Waals surface area contributed by atoms with Crippen LogP contribution in [0.1, 0.15) is 27.2 Å². The van der Waals surface area contributed by atoms with Crippen molar-refractivity contribution in [1.29, 1.82) is 0 Å². The van der Waals surface area contributed by atoms with Crippen LogP contribution < -0.4 is 10.0 Å². The highest BCUT2D eigenvalue weighted by Gasteiger charge is 2.15. The molecule has 3 aromatic rings. The Kier molecular flexibility index (Phi) is 6.32. The fourth-order valence-electron chi connectivity index (χ4n) is 2.25. The number of hydrogen-bond acceptors (Lipinski definition) is 7. The van der Waals surface area contributed by atoms with Crippen molar-refractivity contribution in [2.75, 3.05) is 11.9 Å². The van der Waals surface area contributed by atoms with Crippen molar-refractivity contribution >= 4 is 43.7 Å². The van der Waals surface area contributed by atoms with Crippen LogP contribution >= 0.6 is 22.7 Å². The van der Waals surface area contributed by atoms with E-state index < -0.39 is 10.0 Å². The lowest BCUT2D eigenvalue weighted by Crippen LogP contribution is -2.26. The number of aryl methyl sites for hydroxylation is 1. The number of thiophene rings is 1. The second-order valence-electron chi connectivity index (χ2n) is 5.56. The Bertz CT molecular complexity index is 996. The minimum Gasteiger partial charge on any atom is -0.296 e. The van der Waals surface area contributed by atoms with Crippen LogP contribution in [-0.2, 0) is 22.9 Å². The molecule has 0 saturated carbocycles. The predicted octanol–water partition coefficient (Wildman–Crippen LogP) is 2.94. The van der Waals surface area contributed by atoms with E-state index in [0.29, 0.717) is 23.7 Å². The van der Waals surface area contributed by atoms with E-state index >= 15 is 0 Å². The standard InChI is InChI=1S/C17H18N4O3S3/c1-2-15-20-21-17(26-15)19-16(22)12-5-7-14(8-6-12)27(23,24)18-10-9-13-4-3-11-25-13/h3-8,11,18H,2,9-10H2,1H3,(H,19,21,22). The van der Waals surface area contributed by atoms with E-state index in [0.717, 1.165) is 16.3 Å². The Labute approximate surface area is 165 Å². The molecule has 3 rings (SSSR count). The van der Waals surface area contributed by atoms with Crippen molar-refractivity contribution < 1.29 is 13.2 Å². The molecule has 0 spiro atoms. The van der Waals surface area contributed by atoms with Gasteiger partial charge in [-0.2, -0.15) is 0 Å². The first-order valence-electron chi connectivity index (χ1n) is 8.24. The highest BCUT2D eigenvalue weighted by Crippen LogP contribution is 2.17. The molecule has 0 aliphatic rings. The molecule has 0 atom stereocenters. The lowest BCUT2D eigenvalue weighted by molar-refractivity contribution is 0.102. The minimum absolute atomic E-state index is 0.120. The van der Waals surface area contributed by atoms with Crippen LogP contribution in [0.3, 0.4) is 0 Å². The fourth-order valence-corrected chi connectivity index (χ4v) is 4.66. The Morgan fingerprint density at radius 1 is 1.15 bits per heavy atom. The molecule has 0 aliphatic carbocycles. The van der Waals surface area contributed by atoms with Crippen LogP contribution in [0, 0.1) is 0 Å². The molecule has 27 heavy (non-hydrogen) atoms. The number of carbonyl (C=O) groups is 1. The average Bonchev–Trinajstić information content (AvgIpc) is 3.33. The van der Waals surface area contributed by atoms with Crippen LogP contribution in [0.15, 0.2) is 46.7 Å². The van der Waals surface area contributed by atoms with E-state index in [-0.39, 0.29) is 10.8 Å². The number of carbonyl (C=O) groups excluding carboxylic acids is 1. The van der Waals surface area contributed by atoms with Crippen molar-refractivity contribution in [1.82, 2.24) is 14.9 Å². The number of nitrogens with zero attached hydrogens (tertiary/aromatic N) is 2. The van der Waals surface area contributed by atoms with Crippen LogP contribution in [0.25, 0.3) is 0 Å². The van der Waals surface area contributed by atoms with Gasteiger partial charge in [0.15, 0.2) is 0 Å². The zero-order valence-electron chi connectivity index (χ0n) is 14.5. The van der Waals surface area contributed by atoms with Gasteiger partial charge in [0.2, 0.25) is 15.2 Å². The summed E-state index contributed by atoms with van der Waals surface area (Å²) in [5, 5.41) is 13.7. The summed E-state index contributed by atoms with van der Waals surface area (Å²) in [6.45, 7) is 2.28. The Morgan fingerprint density at radius 3 is 2.56 bits per heavy atom. The van der Waals surface area contributed by atoms with E-state index in [1.807, 2.05) is 24.4 Å². The SMILES string of the molecule is CCc1nnc(NC(=O)c2ccc(S(=O)(=O)NCCc3cccs3)cc2)s1. The second-order valence-corrected chi connectivity index (χ2v) is 9.42. The molecule has 142 valence electrons. The van der Waals surface area contributed by atoms with Crippen LogP contribution in [0.2, 0.25) is 0 Å². The number of amides is 1. The first-order valence-corrected chi connectivity index (χ1v) is 11.4. The maximum atomic E-state index is 12.3. The number of anilines is 1. The van der Waals surface area contributed by atoms with E-state index in [9.17, 15) is 13.2 Å². The fraction of sp³-hybridized carbons (Fsp3) is 0.235. The number of nitrogens with one attached hydrogen (secondary N) is 2. The van der Waals surface area contributed by atoms with Crippen LogP contribution in [0.5, 0.6) is 0 Å². The van der Waals surface area contributed by atoms with E-state index in [1.165, 1.54) is 35.6 Å². The van der Waals surface area contributed by atoms with Gasteiger partial charge in [0, 0.05) is 17.0 Å². The van der Waals surface area contributed by atoms with Crippen molar-refractivity contribution in [3.05, 3.63) is 57.2 Å². The smallest absolute Gasteiger partial charge is 0.257 e. The Morgan fingerprint density at radius 2 is 1.93 bits per heavy atom. The zero-order valence-corrected chi connectivity index (χ0v) is 17.0. The molecule has 1 amide bonds. The van der Waals surface area contributed by atoms with Gasteiger partial charge in [-0.15, -0.1) is 21.5 Å². The average molecular weight is 423 g/mol. The molecule has 2 N–H and O–H groups in total. The predicted molar refractivity (Wildman–Crippen MR) is 107 cm³/mol. The first-order chi connectivity index (χ1) is 13.0. The molecule has 0 saturated heterocycles. The first kappa shape index (κ1) is 19.6. The summed E-state index contributed by atoms with van der Waals surface area (Å²) in [7, 11) is -3.61. The summed E-state index contributed by atoms with van der Waals surface area (Å²) in [6, 6.07) is 9.69. The summed E-state index contributed by atoms with van der Waals surface area (Å²) in [5.41, 5.74) is 0.348. The topological polar surface area (TPSA) is 101 Å². The third kappa shape index (κ3) is 5.19. The molecular weight excluding hydrogens is 404 g/mol. The van der Waals surface area contributed by atoms with E-state index in [1.54, 1.807) is 11.3 Å². The highest BCUT2D eigenvalue weighted by atomic mass is 32.2. The Balaban J connectivity index is 1.60. The molecule has 0 radical (unpaired) electrons. The molecule has 10 heteroatoms. The Hall–Kier alpha value is -2.14. The van der Waals surface area contributed by atoms with Gasteiger partial charge in [0.05, 0.1) is 4.90 Å². The van der Waals surface area contributed by atoms with Crippen molar-refractivity contribution in [3.63, 3.8) is 0 Å². The molecule has 2 heterocycles. The van der Waals surface area contributed by atoms with Gasteiger partial charge in [-0.25, -0.2) is 13.1 Å². The summed E-state index contributed by atoms with van der Waals surface area (Å²) >= 11 is 2.90. The third-order valence-electron chi connectivity index (χ3n) is 3.66. The monoisotopic (exact) mass is 422 g/mol. The summed E-state index contributed by atoms with van der Waals surface area (Å²) in [4.78, 5) is 13.5. The van der Waals surface area contributed by atoms with Crippen molar-refractivity contribution in [2.24, 2.45) is 0 Å². The summed E-state index contributed by atoms with van der Waals surface area (Å²) in [5.74, 6) is -0.358. The van der Waals surface area contributed by atoms with Crippen molar-refractivity contribution in [3.8, 4) is 0 Å². The summed E-state index contributed by atoms with van der Waals surface area (Å²) < 4.78 is 27.3.